The topological polar surface area (TPSA) is 126 Å². The maximum absolute atomic E-state index is 13.2. The number of aryl methyl sites for hydroxylation is 3. The number of hydrogen-bond acceptors (Lipinski definition) is 7. The number of nitriles is 1. The summed E-state index contributed by atoms with van der Waals surface area (Å²) in [7, 11) is 2.76. The van der Waals surface area contributed by atoms with Gasteiger partial charge in [0.25, 0.3) is 5.56 Å². The predicted octanol–water partition coefficient (Wildman–Crippen LogP) is 4.28. The van der Waals surface area contributed by atoms with Crippen molar-refractivity contribution in [1.82, 2.24) is 29.1 Å². The van der Waals surface area contributed by atoms with Crippen molar-refractivity contribution < 1.29 is 17.9 Å². The van der Waals surface area contributed by atoms with Crippen molar-refractivity contribution in [2.24, 2.45) is 14.1 Å². The molecule has 36 heavy (non-hydrogen) atoms. The molecule has 0 aliphatic heterocycles. The summed E-state index contributed by atoms with van der Waals surface area (Å²) in [5, 5.41) is 13.4. The lowest BCUT2D eigenvalue weighted by Crippen LogP contribution is -2.23. The summed E-state index contributed by atoms with van der Waals surface area (Å²) >= 11 is 0. The molecule has 5 aromatic heterocycles. The number of aromatic nitrogens is 6. The molecule has 182 valence electrons. The van der Waals surface area contributed by atoms with Crippen LogP contribution in [0.4, 0.5) is 24.8 Å². The van der Waals surface area contributed by atoms with E-state index >= 15 is 0 Å². The van der Waals surface area contributed by atoms with Gasteiger partial charge in [-0.2, -0.15) is 23.4 Å². The molecular formula is C23H17F3N8O2. The number of halogens is 3. The van der Waals surface area contributed by atoms with Crippen molar-refractivity contribution in [1.29, 1.82) is 5.26 Å². The van der Waals surface area contributed by atoms with E-state index in [0.29, 0.717) is 23.7 Å². The fourth-order valence-electron chi connectivity index (χ4n) is 3.83. The first kappa shape index (κ1) is 22.9. The molecule has 0 aromatic carbocycles. The summed E-state index contributed by atoms with van der Waals surface area (Å²) < 4.78 is 47.9. The molecule has 0 saturated carbocycles. The van der Waals surface area contributed by atoms with Gasteiger partial charge in [0.2, 0.25) is 5.95 Å². The quantitative estimate of drug-likeness (QED) is 0.382. The number of H-pyrrole nitrogens is 1. The molecule has 0 fully saturated rings. The maximum Gasteiger partial charge on any atom is 0.417 e. The second-order valence-electron chi connectivity index (χ2n) is 8.10. The van der Waals surface area contributed by atoms with E-state index in [2.05, 4.69) is 31.3 Å². The van der Waals surface area contributed by atoms with Crippen LogP contribution in [0, 0.1) is 18.3 Å². The third-order valence-electron chi connectivity index (χ3n) is 5.67. The van der Waals surface area contributed by atoms with Crippen LogP contribution in [-0.4, -0.2) is 29.1 Å². The minimum Gasteiger partial charge on any atom is -0.453 e. The molecule has 0 unspecified atom stereocenters. The zero-order valence-electron chi connectivity index (χ0n) is 19.1. The van der Waals surface area contributed by atoms with Crippen LogP contribution in [0.2, 0.25) is 0 Å². The Morgan fingerprint density at radius 2 is 1.97 bits per heavy atom. The van der Waals surface area contributed by atoms with Crippen molar-refractivity contribution in [2.75, 3.05) is 5.32 Å². The number of hydrogen-bond donors (Lipinski definition) is 2. The Kier molecular flexibility index (Phi) is 5.17. The number of anilines is 2. The number of pyridine rings is 3. The highest BCUT2D eigenvalue weighted by Gasteiger charge is 2.32. The van der Waals surface area contributed by atoms with E-state index in [0.717, 1.165) is 15.5 Å². The van der Waals surface area contributed by atoms with E-state index in [4.69, 9.17) is 4.74 Å². The Labute approximate surface area is 200 Å². The SMILES string of the molecule is Cc1c[nH]c2ncc(Oc3cnc4nc(Nc5cc(C(F)(F)F)cn(C)c5=O)n(C)c4c3C#N)cc12. The molecule has 0 amide bonds. The van der Waals surface area contributed by atoms with Gasteiger partial charge in [0.15, 0.2) is 11.4 Å². The summed E-state index contributed by atoms with van der Waals surface area (Å²) in [6.45, 7) is 1.92. The highest BCUT2D eigenvalue weighted by atomic mass is 19.4. The molecule has 2 N–H and O–H groups in total. The minimum absolute atomic E-state index is 0.0219. The van der Waals surface area contributed by atoms with Crippen molar-refractivity contribution in [3.8, 4) is 17.6 Å². The average Bonchev–Trinajstić information content (AvgIpc) is 3.35. The number of imidazole rings is 1. The zero-order chi connectivity index (χ0) is 25.8. The third-order valence-corrected chi connectivity index (χ3v) is 5.67. The van der Waals surface area contributed by atoms with Crippen LogP contribution in [0.3, 0.4) is 0 Å². The number of fused-ring (bicyclic) bond motifs is 2. The largest absolute Gasteiger partial charge is 0.453 e. The molecule has 0 spiro atoms. The fourth-order valence-corrected chi connectivity index (χ4v) is 3.83. The van der Waals surface area contributed by atoms with Gasteiger partial charge >= 0.3 is 6.18 Å². The molecule has 13 heteroatoms. The standard InChI is InChI=1S/C23H17F3N8O2/c1-11-7-28-19-14(11)5-13(8-29-19)36-17-9-30-20-18(15(17)6-27)34(3)22(32-20)31-16-4-12(23(24,25)26)10-33(2)21(16)35/h4-5,7-10H,1-3H3,(H,28,29)(H,30,31,32). The van der Waals surface area contributed by atoms with Gasteiger partial charge < -0.3 is 24.2 Å². The summed E-state index contributed by atoms with van der Waals surface area (Å²) in [6.07, 6.45) is 0.714. The Morgan fingerprint density at radius 3 is 2.69 bits per heavy atom. The van der Waals surface area contributed by atoms with Crippen LogP contribution in [0.1, 0.15) is 16.7 Å². The van der Waals surface area contributed by atoms with Gasteiger partial charge in [-0.3, -0.25) is 4.79 Å². The van der Waals surface area contributed by atoms with Gasteiger partial charge in [-0.15, -0.1) is 0 Å². The van der Waals surface area contributed by atoms with Gasteiger partial charge in [-0.05, 0) is 24.6 Å². The first-order chi connectivity index (χ1) is 17.1. The molecule has 0 bridgehead atoms. The van der Waals surface area contributed by atoms with E-state index in [-0.39, 0.29) is 34.1 Å². The van der Waals surface area contributed by atoms with Gasteiger partial charge in [0, 0.05) is 31.9 Å². The summed E-state index contributed by atoms with van der Waals surface area (Å²) in [6, 6.07) is 4.56. The molecule has 0 radical (unpaired) electrons. The number of rotatable bonds is 4. The van der Waals surface area contributed by atoms with Gasteiger partial charge in [-0.25, -0.2) is 9.97 Å². The molecule has 0 aliphatic carbocycles. The van der Waals surface area contributed by atoms with Gasteiger partial charge in [-0.1, -0.05) is 0 Å². The van der Waals surface area contributed by atoms with Crippen molar-refractivity contribution >= 4 is 33.8 Å². The van der Waals surface area contributed by atoms with E-state index in [1.165, 1.54) is 24.0 Å². The van der Waals surface area contributed by atoms with Crippen LogP contribution >= 0.6 is 0 Å². The Balaban J connectivity index is 1.56. The average molecular weight is 494 g/mol. The molecule has 5 heterocycles. The zero-order valence-corrected chi connectivity index (χ0v) is 19.1. The van der Waals surface area contributed by atoms with Gasteiger partial charge in [0.05, 0.1) is 18.0 Å². The molecule has 10 nitrogen and oxygen atoms in total. The number of nitrogens with one attached hydrogen (secondary N) is 2. The third kappa shape index (κ3) is 3.78. The van der Waals surface area contributed by atoms with E-state index in [1.807, 2.05) is 13.1 Å². The van der Waals surface area contributed by atoms with Crippen LogP contribution in [0.5, 0.6) is 11.5 Å². The molecule has 0 saturated heterocycles. The second-order valence-corrected chi connectivity index (χ2v) is 8.10. The lowest BCUT2D eigenvalue weighted by Gasteiger charge is -2.12. The molecule has 0 aliphatic rings. The fraction of sp³-hybridized carbons (Fsp3) is 0.174. The van der Waals surface area contributed by atoms with Crippen LogP contribution < -0.4 is 15.6 Å². The predicted molar refractivity (Wildman–Crippen MR) is 124 cm³/mol. The maximum atomic E-state index is 13.2. The number of aromatic amines is 1. The monoisotopic (exact) mass is 494 g/mol. The first-order valence-electron chi connectivity index (χ1n) is 10.5. The molecule has 5 rings (SSSR count). The molecule has 5 aromatic rings. The summed E-state index contributed by atoms with van der Waals surface area (Å²) in [4.78, 5) is 28.3. The van der Waals surface area contributed by atoms with Crippen molar-refractivity contribution in [2.45, 2.75) is 13.1 Å². The first-order valence-corrected chi connectivity index (χ1v) is 10.5. The number of nitrogens with zero attached hydrogens (tertiary/aromatic N) is 6. The smallest absolute Gasteiger partial charge is 0.417 e. The number of alkyl halides is 3. The molecule has 0 atom stereocenters. The van der Waals surface area contributed by atoms with Crippen LogP contribution in [0.25, 0.3) is 22.2 Å². The molecular weight excluding hydrogens is 477 g/mol. The van der Waals surface area contributed by atoms with Crippen LogP contribution in [0.15, 0.2) is 41.7 Å². The lowest BCUT2D eigenvalue weighted by molar-refractivity contribution is -0.138. The van der Waals surface area contributed by atoms with Gasteiger partial charge in [0.1, 0.15) is 34.2 Å². The van der Waals surface area contributed by atoms with Crippen molar-refractivity contribution in [3.05, 3.63) is 64.0 Å². The van der Waals surface area contributed by atoms with E-state index < -0.39 is 17.3 Å². The second kappa shape index (κ2) is 8.12. The Bertz CT molecular complexity index is 1760. The summed E-state index contributed by atoms with van der Waals surface area (Å²) in [5.74, 6) is 0.549. The summed E-state index contributed by atoms with van der Waals surface area (Å²) in [5.41, 5.74) is 0.164. The van der Waals surface area contributed by atoms with E-state index in [1.54, 1.807) is 13.1 Å². The number of ether oxygens (including phenoxy) is 1. The highest BCUT2D eigenvalue weighted by Crippen LogP contribution is 2.33. The highest BCUT2D eigenvalue weighted by molar-refractivity contribution is 5.85. The van der Waals surface area contributed by atoms with E-state index in [9.17, 15) is 23.2 Å². The lowest BCUT2D eigenvalue weighted by atomic mass is 10.2. The Morgan fingerprint density at radius 1 is 1.19 bits per heavy atom. The minimum atomic E-state index is -4.65. The normalized spacial score (nSPS) is 11.7. The van der Waals surface area contributed by atoms with Crippen LogP contribution in [-0.2, 0) is 20.3 Å². The Hall–Kier alpha value is -4.86. The van der Waals surface area contributed by atoms with Crippen molar-refractivity contribution in [3.63, 3.8) is 0 Å².